The molecule has 0 fully saturated rings. The van der Waals surface area contributed by atoms with Crippen molar-refractivity contribution in [3.8, 4) is 23.0 Å². The summed E-state index contributed by atoms with van der Waals surface area (Å²) >= 11 is 0. The first-order chi connectivity index (χ1) is 17.0. The Morgan fingerprint density at radius 3 is 2.57 bits per heavy atom. The first-order valence-corrected chi connectivity index (χ1v) is 11.0. The van der Waals surface area contributed by atoms with Gasteiger partial charge in [-0.15, -0.1) is 0 Å². The maximum atomic E-state index is 13.3. The molecule has 1 atom stereocenters. The van der Waals surface area contributed by atoms with Crippen LogP contribution in [-0.4, -0.2) is 63.5 Å². The number of nitrogens with zero attached hydrogens (tertiary/aromatic N) is 5. The molecule has 0 saturated carbocycles. The highest BCUT2D eigenvalue weighted by molar-refractivity contribution is 5.95. The van der Waals surface area contributed by atoms with Gasteiger partial charge in [-0.3, -0.25) is 4.79 Å². The predicted octanol–water partition coefficient (Wildman–Crippen LogP) is 3.29. The molecule has 2 heterocycles. The monoisotopic (exact) mass is 473 g/mol. The summed E-state index contributed by atoms with van der Waals surface area (Å²) in [6.45, 7) is 0.249. The molecule has 35 heavy (non-hydrogen) atoms. The van der Waals surface area contributed by atoms with Crippen LogP contribution in [0.15, 0.2) is 73.1 Å². The smallest absolute Gasteiger partial charge is 0.257 e. The molecule has 0 radical (unpaired) electrons. The average Bonchev–Trinajstić information content (AvgIpc) is 3.32. The van der Waals surface area contributed by atoms with Crippen LogP contribution in [0.2, 0.25) is 0 Å². The number of para-hydroxylation sites is 1. The highest BCUT2D eigenvalue weighted by atomic mass is 16.5. The predicted molar refractivity (Wildman–Crippen MR) is 130 cm³/mol. The van der Waals surface area contributed by atoms with E-state index in [9.17, 15) is 9.90 Å². The van der Waals surface area contributed by atoms with E-state index in [4.69, 9.17) is 9.47 Å². The van der Waals surface area contributed by atoms with Gasteiger partial charge in [-0.1, -0.05) is 42.5 Å². The van der Waals surface area contributed by atoms with Crippen molar-refractivity contribution in [3.05, 3.63) is 89.9 Å². The number of aromatic nitrogens is 4. The summed E-state index contributed by atoms with van der Waals surface area (Å²) in [5.41, 5.74) is 3.06. The molecular weight excluding hydrogens is 446 g/mol. The van der Waals surface area contributed by atoms with Crippen molar-refractivity contribution < 1.29 is 19.4 Å². The molecule has 2 aromatic heterocycles. The summed E-state index contributed by atoms with van der Waals surface area (Å²) in [5.74, 6) is 0.690. The van der Waals surface area contributed by atoms with Gasteiger partial charge < -0.3 is 19.5 Å². The fraction of sp³-hybridized carbons (Fsp3) is 0.231. The third kappa shape index (κ3) is 5.21. The average molecular weight is 474 g/mol. The summed E-state index contributed by atoms with van der Waals surface area (Å²) in [6.07, 6.45) is 2.29. The molecule has 0 unspecified atom stereocenters. The fourth-order valence-corrected chi connectivity index (χ4v) is 3.79. The SMILES string of the molecule is COCc1c(C(=O)N(C)C[C@H](O)c2ccccc2)cnn1-c1nccc(-c2ccccc2OC)n1. The minimum atomic E-state index is -0.813. The minimum absolute atomic E-state index is 0.123. The molecule has 1 amide bonds. The van der Waals surface area contributed by atoms with Gasteiger partial charge in [0.1, 0.15) is 5.75 Å². The molecule has 0 bridgehead atoms. The van der Waals surface area contributed by atoms with Crippen LogP contribution >= 0.6 is 0 Å². The molecule has 0 aliphatic rings. The number of ether oxygens (including phenoxy) is 2. The lowest BCUT2D eigenvalue weighted by molar-refractivity contribution is 0.0676. The molecule has 180 valence electrons. The van der Waals surface area contributed by atoms with Gasteiger partial charge in [-0.2, -0.15) is 9.78 Å². The quantitative estimate of drug-likeness (QED) is 0.398. The van der Waals surface area contributed by atoms with E-state index in [0.29, 0.717) is 28.6 Å². The van der Waals surface area contributed by atoms with Crippen LogP contribution in [0, 0.1) is 0 Å². The third-order valence-electron chi connectivity index (χ3n) is 5.57. The molecule has 4 aromatic rings. The van der Waals surface area contributed by atoms with Gasteiger partial charge in [-0.05, 0) is 23.8 Å². The number of rotatable bonds is 9. The number of aliphatic hydroxyl groups is 1. The van der Waals surface area contributed by atoms with Crippen LogP contribution in [0.3, 0.4) is 0 Å². The zero-order chi connectivity index (χ0) is 24.8. The standard InChI is InChI=1S/C26H27N5O4/c1-30(16-23(32)18-9-5-4-6-10-18)25(33)20-15-28-31(22(20)17-34-2)26-27-14-13-21(29-26)19-11-7-8-12-24(19)35-3/h4-15,23,32H,16-17H2,1-3H3/t23-/m0/s1. The van der Waals surface area contributed by atoms with Crippen molar-refractivity contribution in [1.29, 1.82) is 0 Å². The van der Waals surface area contributed by atoms with Crippen molar-refractivity contribution in [2.45, 2.75) is 12.7 Å². The van der Waals surface area contributed by atoms with Crippen LogP contribution in [0.5, 0.6) is 5.75 Å². The third-order valence-corrected chi connectivity index (χ3v) is 5.57. The number of amides is 1. The van der Waals surface area contributed by atoms with E-state index in [0.717, 1.165) is 11.1 Å². The molecule has 4 rings (SSSR count). The number of carbonyl (C=O) groups excluding carboxylic acids is 1. The van der Waals surface area contributed by atoms with E-state index in [1.165, 1.54) is 15.8 Å². The maximum Gasteiger partial charge on any atom is 0.257 e. The lowest BCUT2D eigenvalue weighted by atomic mass is 10.1. The highest BCUT2D eigenvalue weighted by Crippen LogP contribution is 2.28. The van der Waals surface area contributed by atoms with Gasteiger partial charge in [0, 0.05) is 25.9 Å². The summed E-state index contributed by atoms with van der Waals surface area (Å²) in [5, 5.41) is 14.9. The molecule has 9 nitrogen and oxygen atoms in total. The molecular formula is C26H27N5O4. The first kappa shape index (κ1) is 24.1. The Morgan fingerprint density at radius 2 is 1.83 bits per heavy atom. The van der Waals surface area contributed by atoms with Gasteiger partial charge in [-0.25, -0.2) is 9.97 Å². The van der Waals surface area contributed by atoms with Gasteiger partial charge in [0.05, 0.1) is 49.5 Å². The molecule has 2 aromatic carbocycles. The van der Waals surface area contributed by atoms with Crippen molar-refractivity contribution in [2.75, 3.05) is 27.8 Å². The molecule has 0 saturated heterocycles. The Morgan fingerprint density at radius 1 is 1.09 bits per heavy atom. The van der Waals surface area contributed by atoms with Gasteiger partial charge >= 0.3 is 0 Å². The van der Waals surface area contributed by atoms with E-state index in [1.54, 1.807) is 33.5 Å². The molecule has 0 spiro atoms. The molecule has 9 heteroatoms. The maximum absolute atomic E-state index is 13.3. The van der Waals surface area contributed by atoms with Crippen molar-refractivity contribution in [3.63, 3.8) is 0 Å². The van der Waals surface area contributed by atoms with Gasteiger partial charge in [0.2, 0.25) is 0 Å². The van der Waals surface area contributed by atoms with E-state index in [-0.39, 0.29) is 19.1 Å². The molecule has 0 aliphatic heterocycles. The van der Waals surface area contributed by atoms with Crippen LogP contribution < -0.4 is 4.74 Å². The van der Waals surface area contributed by atoms with Crippen molar-refractivity contribution in [1.82, 2.24) is 24.6 Å². The summed E-state index contributed by atoms with van der Waals surface area (Å²) in [6, 6.07) is 18.6. The van der Waals surface area contributed by atoms with Crippen molar-refractivity contribution in [2.24, 2.45) is 0 Å². The van der Waals surface area contributed by atoms with E-state index >= 15 is 0 Å². The van der Waals surface area contributed by atoms with E-state index < -0.39 is 6.10 Å². The fourth-order valence-electron chi connectivity index (χ4n) is 3.79. The van der Waals surface area contributed by atoms with Crippen molar-refractivity contribution >= 4 is 5.91 Å². The van der Waals surface area contributed by atoms with Crippen LogP contribution in [0.25, 0.3) is 17.2 Å². The Kier molecular flexibility index (Phi) is 7.49. The Hall–Kier alpha value is -4.08. The summed E-state index contributed by atoms with van der Waals surface area (Å²) in [7, 11) is 4.79. The number of hydrogen-bond acceptors (Lipinski definition) is 7. The number of hydrogen-bond donors (Lipinski definition) is 1. The largest absolute Gasteiger partial charge is 0.496 e. The van der Waals surface area contributed by atoms with Gasteiger partial charge in [0.15, 0.2) is 0 Å². The number of carbonyl (C=O) groups is 1. The number of methoxy groups -OCH3 is 2. The van der Waals surface area contributed by atoms with E-state index in [1.807, 2.05) is 54.6 Å². The lowest BCUT2D eigenvalue weighted by Crippen LogP contribution is -2.31. The Labute approximate surface area is 203 Å². The minimum Gasteiger partial charge on any atom is -0.496 e. The lowest BCUT2D eigenvalue weighted by Gasteiger charge is -2.21. The summed E-state index contributed by atoms with van der Waals surface area (Å²) < 4.78 is 12.3. The zero-order valence-electron chi connectivity index (χ0n) is 19.8. The van der Waals surface area contributed by atoms with Gasteiger partial charge in [0.25, 0.3) is 11.9 Å². The van der Waals surface area contributed by atoms with Crippen LogP contribution in [-0.2, 0) is 11.3 Å². The Bertz CT molecular complexity index is 1290. The topological polar surface area (TPSA) is 103 Å². The normalized spacial score (nSPS) is 11.8. The van der Waals surface area contributed by atoms with E-state index in [2.05, 4.69) is 15.1 Å². The second kappa shape index (κ2) is 10.9. The highest BCUT2D eigenvalue weighted by Gasteiger charge is 2.24. The molecule has 0 aliphatic carbocycles. The second-order valence-electron chi connectivity index (χ2n) is 7.90. The second-order valence-corrected chi connectivity index (χ2v) is 7.90. The Balaban J connectivity index is 1.63. The number of benzene rings is 2. The zero-order valence-corrected chi connectivity index (χ0v) is 19.8. The first-order valence-electron chi connectivity index (χ1n) is 11.0. The van der Waals surface area contributed by atoms with Crippen LogP contribution in [0.1, 0.15) is 27.7 Å². The summed E-state index contributed by atoms with van der Waals surface area (Å²) in [4.78, 5) is 23.8. The number of aliphatic hydroxyl groups excluding tert-OH is 1. The molecule has 1 N–H and O–H groups in total. The van der Waals surface area contributed by atoms with Crippen LogP contribution in [0.4, 0.5) is 0 Å². The number of likely N-dealkylation sites (N-methyl/N-ethyl adjacent to an activating group) is 1.